The number of amides is 1. The van der Waals surface area contributed by atoms with E-state index in [-0.39, 0.29) is 23.4 Å². The molecule has 3 heterocycles. The monoisotopic (exact) mass is 421 g/mol. The molecule has 0 bridgehead atoms. The molecule has 1 aromatic carbocycles. The first kappa shape index (κ1) is 20.8. The summed E-state index contributed by atoms with van der Waals surface area (Å²) in [6, 6.07) is 8.64. The Balaban J connectivity index is 1.52. The molecule has 3 aliphatic heterocycles. The fourth-order valence-electron chi connectivity index (χ4n) is 4.96. The van der Waals surface area contributed by atoms with Gasteiger partial charge in [-0.2, -0.15) is 4.31 Å². The van der Waals surface area contributed by atoms with Crippen molar-refractivity contribution in [3.05, 3.63) is 30.3 Å². The van der Waals surface area contributed by atoms with E-state index in [1.807, 2.05) is 11.0 Å². The number of hydrogen-bond donors (Lipinski definition) is 0. The lowest BCUT2D eigenvalue weighted by Gasteiger charge is -2.55. The first-order valence-electron chi connectivity index (χ1n) is 10.5. The SMILES string of the molecule is CC1(C)CN(S(=O)(=O)c2ccccc2)CC2CN(C(=O)C3CCOCC3)CCN21. The molecule has 1 unspecified atom stereocenters. The van der Waals surface area contributed by atoms with Crippen molar-refractivity contribution in [3.8, 4) is 0 Å². The highest BCUT2D eigenvalue weighted by Crippen LogP contribution is 2.32. The van der Waals surface area contributed by atoms with Crippen LogP contribution in [0.15, 0.2) is 35.2 Å². The molecule has 3 saturated heterocycles. The molecule has 160 valence electrons. The Kier molecular flexibility index (Phi) is 5.72. The van der Waals surface area contributed by atoms with Gasteiger partial charge in [0.15, 0.2) is 0 Å². The molecule has 1 atom stereocenters. The highest BCUT2D eigenvalue weighted by molar-refractivity contribution is 7.89. The van der Waals surface area contributed by atoms with Gasteiger partial charge >= 0.3 is 0 Å². The van der Waals surface area contributed by atoms with Crippen molar-refractivity contribution in [2.24, 2.45) is 5.92 Å². The number of hydrogen-bond acceptors (Lipinski definition) is 5. The molecular weight excluding hydrogens is 390 g/mol. The summed E-state index contributed by atoms with van der Waals surface area (Å²) < 4.78 is 33.4. The maximum absolute atomic E-state index is 13.2. The standard InChI is InChI=1S/C21H31N3O4S/c1-21(2)16-23(29(26,27)19-6-4-3-5-7-19)15-18-14-22(10-11-24(18)21)20(25)17-8-12-28-13-9-17/h3-7,17-18H,8-16H2,1-2H3. The van der Waals surface area contributed by atoms with Crippen LogP contribution in [0.25, 0.3) is 0 Å². The third kappa shape index (κ3) is 4.08. The van der Waals surface area contributed by atoms with E-state index < -0.39 is 10.0 Å². The van der Waals surface area contributed by atoms with E-state index in [2.05, 4.69) is 18.7 Å². The van der Waals surface area contributed by atoms with E-state index in [4.69, 9.17) is 4.74 Å². The Hall–Kier alpha value is -1.48. The normalized spacial score (nSPS) is 26.8. The molecule has 0 aromatic heterocycles. The highest BCUT2D eigenvalue weighted by atomic mass is 32.2. The summed E-state index contributed by atoms with van der Waals surface area (Å²) in [5.74, 6) is 0.241. The van der Waals surface area contributed by atoms with Crippen molar-refractivity contribution >= 4 is 15.9 Å². The molecule has 0 aliphatic carbocycles. The molecule has 4 rings (SSSR count). The van der Waals surface area contributed by atoms with Crippen LogP contribution in [0.3, 0.4) is 0 Å². The van der Waals surface area contributed by atoms with E-state index in [0.717, 1.165) is 19.4 Å². The van der Waals surface area contributed by atoms with Crippen LogP contribution in [-0.4, -0.2) is 85.9 Å². The predicted octanol–water partition coefficient (Wildman–Crippen LogP) is 1.41. The number of benzene rings is 1. The highest BCUT2D eigenvalue weighted by Gasteiger charge is 2.47. The molecule has 8 heteroatoms. The van der Waals surface area contributed by atoms with Gasteiger partial charge in [-0.15, -0.1) is 0 Å². The van der Waals surface area contributed by atoms with Gasteiger partial charge in [-0.3, -0.25) is 9.69 Å². The second-order valence-electron chi connectivity index (χ2n) is 8.94. The van der Waals surface area contributed by atoms with Crippen molar-refractivity contribution in [3.63, 3.8) is 0 Å². The van der Waals surface area contributed by atoms with Crippen LogP contribution in [0.4, 0.5) is 0 Å². The van der Waals surface area contributed by atoms with Crippen molar-refractivity contribution in [1.29, 1.82) is 0 Å². The summed E-state index contributed by atoms with van der Waals surface area (Å²) in [5.41, 5.74) is -0.279. The third-order valence-electron chi connectivity index (χ3n) is 6.50. The van der Waals surface area contributed by atoms with Gasteiger partial charge in [-0.25, -0.2) is 8.42 Å². The van der Waals surface area contributed by atoms with Gasteiger partial charge in [0.25, 0.3) is 0 Å². The van der Waals surface area contributed by atoms with Crippen molar-refractivity contribution in [2.45, 2.75) is 43.2 Å². The smallest absolute Gasteiger partial charge is 0.243 e. The van der Waals surface area contributed by atoms with Crippen LogP contribution in [-0.2, 0) is 19.6 Å². The largest absolute Gasteiger partial charge is 0.381 e. The molecular formula is C21H31N3O4S. The fourth-order valence-corrected chi connectivity index (χ4v) is 6.61. The zero-order chi connectivity index (χ0) is 20.6. The maximum Gasteiger partial charge on any atom is 0.243 e. The number of carbonyl (C=O) groups excluding carboxylic acids is 1. The Morgan fingerprint density at radius 2 is 1.76 bits per heavy atom. The zero-order valence-electron chi connectivity index (χ0n) is 17.3. The Bertz CT molecular complexity index is 837. The number of carbonyl (C=O) groups is 1. The average Bonchev–Trinajstić information content (AvgIpc) is 2.73. The minimum Gasteiger partial charge on any atom is -0.381 e. The first-order valence-corrected chi connectivity index (χ1v) is 11.9. The fraction of sp³-hybridized carbons (Fsp3) is 0.667. The summed E-state index contributed by atoms with van der Waals surface area (Å²) in [4.78, 5) is 17.7. The molecule has 1 aromatic rings. The minimum atomic E-state index is -3.56. The van der Waals surface area contributed by atoms with E-state index in [9.17, 15) is 13.2 Å². The molecule has 7 nitrogen and oxygen atoms in total. The maximum atomic E-state index is 13.2. The van der Waals surface area contributed by atoms with Crippen LogP contribution >= 0.6 is 0 Å². The Morgan fingerprint density at radius 3 is 2.45 bits per heavy atom. The molecule has 0 saturated carbocycles. The number of fused-ring (bicyclic) bond motifs is 1. The quantitative estimate of drug-likeness (QED) is 0.738. The Morgan fingerprint density at radius 1 is 1.07 bits per heavy atom. The van der Waals surface area contributed by atoms with Crippen LogP contribution in [0, 0.1) is 5.92 Å². The van der Waals surface area contributed by atoms with Crippen molar-refractivity contribution < 1.29 is 17.9 Å². The lowest BCUT2D eigenvalue weighted by Crippen LogP contribution is -2.70. The molecule has 1 amide bonds. The zero-order valence-corrected chi connectivity index (χ0v) is 18.1. The number of rotatable bonds is 3. The van der Waals surface area contributed by atoms with Gasteiger partial charge in [0.2, 0.25) is 15.9 Å². The van der Waals surface area contributed by atoms with Gasteiger partial charge in [-0.1, -0.05) is 18.2 Å². The van der Waals surface area contributed by atoms with Gasteiger partial charge in [0, 0.05) is 63.4 Å². The molecule has 0 N–H and O–H groups in total. The molecule has 0 radical (unpaired) electrons. The number of sulfonamides is 1. The number of nitrogens with zero attached hydrogens (tertiary/aromatic N) is 3. The van der Waals surface area contributed by atoms with E-state index in [1.54, 1.807) is 28.6 Å². The lowest BCUT2D eigenvalue weighted by molar-refractivity contribution is -0.144. The number of piperazine rings is 2. The second kappa shape index (κ2) is 7.98. The summed E-state index contributed by atoms with van der Waals surface area (Å²) in [7, 11) is -3.56. The van der Waals surface area contributed by atoms with E-state index >= 15 is 0 Å². The molecule has 3 fully saturated rings. The van der Waals surface area contributed by atoms with Crippen molar-refractivity contribution in [1.82, 2.24) is 14.1 Å². The third-order valence-corrected chi connectivity index (χ3v) is 8.33. The van der Waals surface area contributed by atoms with Crippen LogP contribution < -0.4 is 0 Å². The van der Waals surface area contributed by atoms with Gasteiger partial charge in [0.05, 0.1) is 4.90 Å². The lowest BCUT2D eigenvalue weighted by atomic mass is 9.93. The molecule has 3 aliphatic rings. The molecule has 0 spiro atoms. The summed E-state index contributed by atoms with van der Waals surface area (Å²) in [6.45, 7) is 8.44. The van der Waals surface area contributed by atoms with Gasteiger partial charge in [-0.05, 0) is 38.8 Å². The minimum absolute atomic E-state index is 0.00905. The van der Waals surface area contributed by atoms with E-state index in [1.165, 1.54) is 0 Å². The van der Waals surface area contributed by atoms with Gasteiger partial charge < -0.3 is 9.64 Å². The van der Waals surface area contributed by atoms with E-state index in [0.29, 0.717) is 44.3 Å². The second-order valence-corrected chi connectivity index (χ2v) is 10.9. The molecule has 29 heavy (non-hydrogen) atoms. The summed E-state index contributed by atoms with van der Waals surface area (Å²) in [5, 5.41) is 0. The average molecular weight is 422 g/mol. The first-order chi connectivity index (χ1) is 13.8. The topological polar surface area (TPSA) is 70.2 Å². The van der Waals surface area contributed by atoms with Crippen LogP contribution in [0.2, 0.25) is 0 Å². The Labute approximate surface area is 173 Å². The predicted molar refractivity (Wildman–Crippen MR) is 110 cm³/mol. The van der Waals surface area contributed by atoms with Gasteiger partial charge in [0.1, 0.15) is 0 Å². The summed E-state index contributed by atoms with van der Waals surface area (Å²) in [6.07, 6.45) is 1.56. The summed E-state index contributed by atoms with van der Waals surface area (Å²) >= 11 is 0. The number of ether oxygens (including phenoxy) is 1. The van der Waals surface area contributed by atoms with Crippen LogP contribution in [0.1, 0.15) is 26.7 Å². The van der Waals surface area contributed by atoms with Crippen molar-refractivity contribution in [2.75, 3.05) is 45.9 Å². The van der Waals surface area contributed by atoms with Crippen LogP contribution in [0.5, 0.6) is 0 Å².